The Hall–Kier alpha value is -1.48. The molecule has 2 aromatic rings. The van der Waals surface area contributed by atoms with Crippen molar-refractivity contribution in [3.63, 3.8) is 0 Å². The number of tetrazole rings is 1. The quantitative estimate of drug-likeness (QED) is 0.773. The second-order valence-corrected chi connectivity index (χ2v) is 7.92. The summed E-state index contributed by atoms with van der Waals surface area (Å²) in [5.41, 5.74) is 0.789. The van der Waals surface area contributed by atoms with Crippen LogP contribution in [0.15, 0.2) is 10.5 Å². The number of hydrogen-bond acceptors (Lipinski definition) is 7. The maximum Gasteiger partial charge on any atom is 0.228 e. The number of aromatic nitrogens is 5. The smallest absolute Gasteiger partial charge is 0.228 e. The van der Waals surface area contributed by atoms with E-state index in [1.165, 1.54) is 11.3 Å². The van der Waals surface area contributed by atoms with Crippen LogP contribution in [0.4, 0.5) is 0 Å². The van der Waals surface area contributed by atoms with Crippen molar-refractivity contribution in [1.82, 2.24) is 30.1 Å². The molecular weight excluding hydrogens is 320 g/mol. The van der Waals surface area contributed by atoms with Gasteiger partial charge < -0.3 is 4.90 Å². The summed E-state index contributed by atoms with van der Waals surface area (Å²) in [4.78, 5) is 17.8. The molecule has 0 saturated carbocycles. The third-order valence-corrected chi connectivity index (χ3v) is 4.68. The van der Waals surface area contributed by atoms with Crippen LogP contribution in [0.5, 0.6) is 0 Å². The van der Waals surface area contributed by atoms with E-state index >= 15 is 0 Å². The SMILES string of the molecule is CN(C)C(=O)Cc1nc(CSc2nnnn2C(C)(C)C)cs1. The number of amides is 1. The minimum atomic E-state index is -0.156. The van der Waals surface area contributed by atoms with Gasteiger partial charge in [0.25, 0.3) is 0 Å². The standard InChI is InChI=1S/C13H20N6OS2/c1-13(2,3)19-12(15-16-17-19)22-8-9-7-21-10(14-9)6-11(20)18(4)5/h7H,6,8H2,1-5H3. The minimum absolute atomic E-state index is 0.0604. The van der Waals surface area contributed by atoms with Gasteiger partial charge in [-0.2, -0.15) is 0 Å². The number of thiazole rings is 1. The van der Waals surface area contributed by atoms with E-state index < -0.39 is 0 Å². The van der Waals surface area contributed by atoms with Gasteiger partial charge >= 0.3 is 0 Å². The highest BCUT2D eigenvalue weighted by molar-refractivity contribution is 7.98. The van der Waals surface area contributed by atoms with Crippen molar-refractivity contribution in [3.05, 3.63) is 16.1 Å². The number of carbonyl (C=O) groups is 1. The molecule has 0 aliphatic carbocycles. The zero-order valence-corrected chi connectivity index (χ0v) is 15.0. The second kappa shape index (κ2) is 6.74. The summed E-state index contributed by atoms with van der Waals surface area (Å²) in [6, 6.07) is 0. The molecule has 0 bridgehead atoms. The first-order valence-electron chi connectivity index (χ1n) is 6.82. The minimum Gasteiger partial charge on any atom is -0.348 e. The molecule has 0 aliphatic rings. The average molecular weight is 340 g/mol. The molecule has 0 radical (unpaired) electrons. The monoisotopic (exact) mass is 340 g/mol. The summed E-state index contributed by atoms with van der Waals surface area (Å²) in [5.74, 6) is 0.744. The Morgan fingerprint density at radius 2 is 2.14 bits per heavy atom. The molecule has 2 heterocycles. The number of nitrogens with zero attached hydrogens (tertiary/aromatic N) is 6. The Labute approximate surface area is 138 Å². The van der Waals surface area contributed by atoms with E-state index in [9.17, 15) is 4.79 Å². The van der Waals surface area contributed by atoms with E-state index in [0.29, 0.717) is 12.2 Å². The van der Waals surface area contributed by atoms with E-state index in [-0.39, 0.29) is 11.4 Å². The zero-order valence-electron chi connectivity index (χ0n) is 13.4. The lowest BCUT2D eigenvalue weighted by atomic mass is 10.1. The number of likely N-dealkylation sites (N-methyl/N-ethyl adjacent to an activating group) is 1. The molecule has 0 spiro atoms. The summed E-state index contributed by atoms with van der Waals surface area (Å²) < 4.78 is 1.81. The molecule has 0 atom stereocenters. The van der Waals surface area contributed by atoms with Crippen LogP contribution in [-0.4, -0.2) is 50.1 Å². The molecule has 2 aromatic heterocycles. The predicted molar refractivity (Wildman–Crippen MR) is 86.9 cm³/mol. The van der Waals surface area contributed by atoms with Gasteiger partial charge in [0, 0.05) is 25.2 Å². The molecule has 9 heteroatoms. The maximum absolute atomic E-state index is 11.7. The number of thioether (sulfide) groups is 1. The van der Waals surface area contributed by atoms with Gasteiger partial charge in [-0.1, -0.05) is 11.8 Å². The Bertz CT molecular complexity index is 643. The number of rotatable bonds is 5. The third kappa shape index (κ3) is 4.26. The van der Waals surface area contributed by atoms with Crippen LogP contribution in [0.2, 0.25) is 0 Å². The average Bonchev–Trinajstić information content (AvgIpc) is 3.03. The fourth-order valence-electron chi connectivity index (χ4n) is 1.61. The van der Waals surface area contributed by atoms with Crippen LogP contribution in [-0.2, 0) is 22.5 Å². The molecule has 0 saturated heterocycles. The first-order valence-corrected chi connectivity index (χ1v) is 8.69. The predicted octanol–water partition coefficient (Wildman–Crippen LogP) is 1.81. The van der Waals surface area contributed by atoms with Crippen molar-refractivity contribution >= 4 is 29.0 Å². The molecule has 2 rings (SSSR count). The Kier molecular flexibility index (Phi) is 5.17. The highest BCUT2D eigenvalue weighted by Crippen LogP contribution is 2.25. The summed E-state index contributed by atoms with van der Waals surface area (Å²) >= 11 is 3.06. The van der Waals surface area contributed by atoms with Crippen LogP contribution in [0.1, 0.15) is 31.5 Å². The van der Waals surface area contributed by atoms with E-state index in [1.807, 2.05) is 5.38 Å². The zero-order chi connectivity index (χ0) is 16.3. The van der Waals surface area contributed by atoms with Crippen molar-refractivity contribution in [3.8, 4) is 0 Å². The third-order valence-electron chi connectivity index (χ3n) is 2.83. The lowest BCUT2D eigenvalue weighted by Gasteiger charge is -2.19. The van der Waals surface area contributed by atoms with Gasteiger partial charge in [-0.15, -0.1) is 16.4 Å². The maximum atomic E-state index is 11.7. The van der Waals surface area contributed by atoms with Crippen LogP contribution in [0.3, 0.4) is 0 Å². The van der Waals surface area contributed by atoms with Crippen LogP contribution < -0.4 is 0 Å². The molecule has 120 valence electrons. The first kappa shape index (κ1) is 16.9. The molecule has 0 fully saturated rings. The van der Waals surface area contributed by atoms with E-state index in [0.717, 1.165) is 15.9 Å². The van der Waals surface area contributed by atoms with Gasteiger partial charge in [-0.3, -0.25) is 4.79 Å². The lowest BCUT2D eigenvalue weighted by molar-refractivity contribution is -0.127. The molecule has 0 N–H and O–H groups in total. The van der Waals surface area contributed by atoms with Crippen LogP contribution in [0.25, 0.3) is 0 Å². The number of hydrogen-bond donors (Lipinski definition) is 0. The first-order chi connectivity index (χ1) is 10.3. The van der Waals surface area contributed by atoms with Crippen molar-refractivity contribution in [1.29, 1.82) is 0 Å². The molecule has 0 aromatic carbocycles. The molecule has 22 heavy (non-hydrogen) atoms. The van der Waals surface area contributed by atoms with E-state index in [1.54, 1.807) is 35.4 Å². The van der Waals surface area contributed by atoms with Gasteiger partial charge in [0.2, 0.25) is 11.1 Å². The Morgan fingerprint density at radius 1 is 1.41 bits per heavy atom. The second-order valence-electron chi connectivity index (χ2n) is 6.03. The van der Waals surface area contributed by atoms with Gasteiger partial charge in [-0.25, -0.2) is 9.67 Å². The highest BCUT2D eigenvalue weighted by Gasteiger charge is 2.20. The molecule has 7 nitrogen and oxygen atoms in total. The van der Waals surface area contributed by atoms with Crippen molar-refractivity contribution in [2.75, 3.05) is 14.1 Å². The lowest BCUT2D eigenvalue weighted by Crippen LogP contribution is -2.24. The van der Waals surface area contributed by atoms with Gasteiger partial charge in [0.05, 0.1) is 17.7 Å². The van der Waals surface area contributed by atoms with E-state index in [2.05, 4.69) is 41.3 Å². The molecule has 0 aliphatic heterocycles. The Balaban J connectivity index is 1.97. The van der Waals surface area contributed by atoms with Gasteiger partial charge in [0.1, 0.15) is 5.01 Å². The molecular formula is C13H20N6OS2. The normalized spacial score (nSPS) is 11.7. The van der Waals surface area contributed by atoms with Gasteiger partial charge in [-0.05, 0) is 31.2 Å². The summed E-state index contributed by atoms with van der Waals surface area (Å²) in [6.07, 6.45) is 0.349. The topological polar surface area (TPSA) is 76.8 Å². The number of carbonyl (C=O) groups excluding carboxylic acids is 1. The Morgan fingerprint density at radius 3 is 2.77 bits per heavy atom. The van der Waals surface area contributed by atoms with Crippen molar-refractivity contribution < 1.29 is 4.79 Å². The summed E-state index contributed by atoms with van der Waals surface area (Å²) in [6.45, 7) is 6.17. The van der Waals surface area contributed by atoms with Gasteiger partial charge in [0.15, 0.2) is 0 Å². The fourth-order valence-corrected chi connectivity index (χ4v) is 3.45. The fraction of sp³-hybridized carbons (Fsp3) is 0.615. The molecule has 1 amide bonds. The largest absolute Gasteiger partial charge is 0.348 e. The van der Waals surface area contributed by atoms with Crippen LogP contribution in [0, 0.1) is 0 Å². The summed E-state index contributed by atoms with van der Waals surface area (Å²) in [5, 5.41) is 15.4. The van der Waals surface area contributed by atoms with Crippen molar-refractivity contribution in [2.45, 2.75) is 43.6 Å². The van der Waals surface area contributed by atoms with E-state index in [4.69, 9.17) is 0 Å². The summed E-state index contributed by atoms with van der Waals surface area (Å²) in [7, 11) is 3.50. The molecule has 0 unspecified atom stereocenters. The van der Waals surface area contributed by atoms with Crippen molar-refractivity contribution in [2.24, 2.45) is 0 Å². The van der Waals surface area contributed by atoms with Crippen LogP contribution >= 0.6 is 23.1 Å². The highest BCUT2D eigenvalue weighted by atomic mass is 32.2.